The van der Waals surface area contributed by atoms with E-state index in [1.54, 1.807) is 0 Å². The highest BCUT2D eigenvalue weighted by Crippen LogP contribution is 2.19. The van der Waals surface area contributed by atoms with E-state index < -0.39 is 0 Å². The fourth-order valence-electron chi connectivity index (χ4n) is 3.52. The van der Waals surface area contributed by atoms with Crippen LogP contribution in [-0.2, 0) is 19.5 Å². The Hall–Kier alpha value is -0.900. The zero-order chi connectivity index (χ0) is 13.9. The molecule has 1 aromatic carbocycles. The molecule has 3 nitrogen and oxygen atoms in total. The molecule has 0 amide bonds. The van der Waals surface area contributed by atoms with Crippen LogP contribution in [0.5, 0.6) is 0 Å². The summed E-state index contributed by atoms with van der Waals surface area (Å²) in [5.41, 5.74) is 4.52. The summed E-state index contributed by atoms with van der Waals surface area (Å²) < 4.78 is 0. The molecule has 3 heteroatoms. The molecule has 0 spiro atoms. The Bertz CT molecular complexity index is 458. The average Bonchev–Trinajstić information content (AvgIpc) is 2.60. The molecular weight excluding hydrogens is 246 g/mol. The van der Waals surface area contributed by atoms with Crippen molar-refractivity contribution in [3.8, 4) is 0 Å². The predicted molar refractivity (Wildman–Crippen MR) is 83.8 cm³/mol. The van der Waals surface area contributed by atoms with Crippen molar-refractivity contribution >= 4 is 0 Å². The van der Waals surface area contributed by atoms with Crippen LogP contribution in [0.4, 0.5) is 0 Å². The van der Waals surface area contributed by atoms with Gasteiger partial charge in [0.15, 0.2) is 0 Å². The van der Waals surface area contributed by atoms with Crippen LogP contribution in [0, 0.1) is 0 Å². The largest absolute Gasteiger partial charge is 0.312 e. The fourth-order valence-corrected chi connectivity index (χ4v) is 3.52. The molecule has 3 rings (SSSR count). The Morgan fingerprint density at radius 3 is 3.05 bits per heavy atom. The van der Waals surface area contributed by atoms with Crippen molar-refractivity contribution in [3.05, 3.63) is 34.9 Å². The molecule has 1 saturated heterocycles. The van der Waals surface area contributed by atoms with Gasteiger partial charge in [-0.15, -0.1) is 0 Å². The number of benzene rings is 1. The van der Waals surface area contributed by atoms with Gasteiger partial charge in [-0.2, -0.15) is 0 Å². The summed E-state index contributed by atoms with van der Waals surface area (Å²) in [6.45, 7) is 9.27. The predicted octanol–water partition coefficient (Wildman–Crippen LogP) is 1.86. The van der Waals surface area contributed by atoms with Gasteiger partial charge in [0, 0.05) is 32.2 Å². The van der Waals surface area contributed by atoms with E-state index in [2.05, 4.69) is 47.3 Å². The van der Waals surface area contributed by atoms with E-state index in [0.717, 1.165) is 19.6 Å². The highest BCUT2D eigenvalue weighted by molar-refractivity contribution is 5.33. The van der Waals surface area contributed by atoms with Crippen LogP contribution < -0.4 is 5.32 Å². The van der Waals surface area contributed by atoms with Gasteiger partial charge < -0.3 is 10.2 Å². The third-order valence-corrected chi connectivity index (χ3v) is 4.73. The Morgan fingerprint density at radius 1 is 1.25 bits per heavy atom. The van der Waals surface area contributed by atoms with E-state index in [1.165, 1.54) is 49.2 Å². The number of hydrogen-bond donors (Lipinski definition) is 1. The maximum Gasteiger partial charge on any atom is 0.0237 e. The summed E-state index contributed by atoms with van der Waals surface area (Å²) in [5.74, 6) is 0. The lowest BCUT2D eigenvalue weighted by atomic mass is 9.98. The molecule has 2 heterocycles. The summed E-state index contributed by atoms with van der Waals surface area (Å²) >= 11 is 0. The van der Waals surface area contributed by atoms with Crippen LogP contribution in [0.2, 0.25) is 0 Å². The van der Waals surface area contributed by atoms with Crippen molar-refractivity contribution < 1.29 is 0 Å². The number of nitrogens with zero attached hydrogens (tertiary/aromatic N) is 2. The summed E-state index contributed by atoms with van der Waals surface area (Å²) in [5, 5.41) is 3.48. The van der Waals surface area contributed by atoms with Crippen LogP contribution in [-0.4, -0.2) is 49.1 Å². The minimum absolute atomic E-state index is 0.650. The Labute approximate surface area is 123 Å². The summed E-state index contributed by atoms with van der Waals surface area (Å²) in [7, 11) is 2.24. The molecule has 0 bridgehead atoms. The lowest BCUT2D eigenvalue weighted by Gasteiger charge is -2.28. The maximum atomic E-state index is 3.48. The van der Waals surface area contributed by atoms with E-state index in [4.69, 9.17) is 0 Å². The lowest BCUT2D eigenvalue weighted by Crippen LogP contribution is -2.37. The normalized spacial score (nSPS) is 25.2. The minimum Gasteiger partial charge on any atom is -0.312 e. The molecule has 0 radical (unpaired) electrons. The average molecular weight is 273 g/mol. The quantitative estimate of drug-likeness (QED) is 0.887. The van der Waals surface area contributed by atoms with E-state index in [9.17, 15) is 0 Å². The number of rotatable bonds is 2. The van der Waals surface area contributed by atoms with Gasteiger partial charge in [-0.05, 0) is 56.6 Å². The molecule has 2 aliphatic heterocycles. The molecule has 2 aliphatic rings. The summed E-state index contributed by atoms with van der Waals surface area (Å²) in [6, 6.07) is 7.76. The fraction of sp³-hybridized carbons (Fsp3) is 0.647. The van der Waals surface area contributed by atoms with Gasteiger partial charge in [0.2, 0.25) is 0 Å². The Balaban J connectivity index is 1.70. The Kier molecular flexibility index (Phi) is 4.39. The summed E-state index contributed by atoms with van der Waals surface area (Å²) in [6.07, 6.45) is 2.47. The molecule has 0 aromatic heterocycles. The van der Waals surface area contributed by atoms with Crippen molar-refractivity contribution in [2.45, 2.75) is 38.9 Å². The molecular formula is C17H27N3. The highest BCUT2D eigenvalue weighted by atomic mass is 15.2. The molecule has 1 aromatic rings. The SMILES string of the molecule is CC1CN(C)CCCN1Cc1ccc2c(c1)CNCC2. The van der Waals surface area contributed by atoms with Gasteiger partial charge in [-0.25, -0.2) is 0 Å². The standard InChI is InChI=1S/C17H27N3/c1-14-12-19(2)8-3-9-20(14)13-15-4-5-16-6-7-18-11-17(16)10-15/h4-5,10,14,18H,3,6-9,11-13H2,1-2H3. The van der Waals surface area contributed by atoms with Gasteiger partial charge in [-0.3, -0.25) is 4.90 Å². The molecule has 1 unspecified atom stereocenters. The van der Waals surface area contributed by atoms with Crippen molar-refractivity contribution in [2.24, 2.45) is 0 Å². The van der Waals surface area contributed by atoms with Crippen LogP contribution >= 0.6 is 0 Å². The van der Waals surface area contributed by atoms with Crippen LogP contribution in [0.25, 0.3) is 0 Å². The molecule has 20 heavy (non-hydrogen) atoms. The first-order chi connectivity index (χ1) is 9.72. The van der Waals surface area contributed by atoms with Gasteiger partial charge in [-0.1, -0.05) is 18.2 Å². The van der Waals surface area contributed by atoms with Crippen molar-refractivity contribution in [3.63, 3.8) is 0 Å². The second-order valence-corrected chi connectivity index (χ2v) is 6.47. The second-order valence-electron chi connectivity index (χ2n) is 6.47. The van der Waals surface area contributed by atoms with Gasteiger partial charge in [0.1, 0.15) is 0 Å². The molecule has 0 saturated carbocycles. The van der Waals surface area contributed by atoms with E-state index in [1.807, 2.05) is 0 Å². The number of nitrogens with one attached hydrogen (secondary N) is 1. The smallest absolute Gasteiger partial charge is 0.0237 e. The third-order valence-electron chi connectivity index (χ3n) is 4.73. The molecule has 1 atom stereocenters. The van der Waals surface area contributed by atoms with Crippen molar-refractivity contribution in [1.82, 2.24) is 15.1 Å². The van der Waals surface area contributed by atoms with Crippen molar-refractivity contribution in [2.75, 3.05) is 33.2 Å². The first-order valence-corrected chi connectivity index (χ1v) is 7.96. The zero-order valence-electron chi connectivity index (χ0n) is 12.9. The number of hydrogen-bond acceptors (Lipinski definition) is 3. The maximum absolute atomic E-state index is 3.48. The van der Waals surface area contributed by atoms with Gasteiger partial charge >= 0.3 is 0 Å². The van der Waals surface area contributed by atoms with E-state index >= 15 is 0 Å². The van der Waals surface area contributed by atoms with Crippen molar-refractivity contribution in [1.29, 1.82) is 0 Å². The second kappa shape index (κ2) is 6.25. The van der Waals surface area contributed by atoms with E-state index in [-0.39, 0.29) is 0 Å². The molecule has 1 N–H and O–H groups in total. The Morgan fingerprint density at radius 2 is 2.15 bits per heavy atom. The molecule has 110 valence electrons. The first kappa shape index (κ1) is 14.1. The van der Waals surface area contributed by atoms with Crippen LogP contribution in [0.15, 0.2) is 18.2 Å². The van der Waals surface area contributed by atoms with Gasteiger partial charge in [0.25, 0.3) is 0 Å². The van der Waals surface area contributed by atoms with E-state index in [0.29, 0.717) is 6.04 Å². The molecule has 0 aliphatic carbocycles. The molecule has 1 fully saturated rings. The summed E-state index contributed by atoms with van der Waals surface area (Å²) in [4.78, 5) is 5.10. The highest BCUT2D eigenvalue weighted by Gasteiger charge is 2.20. The number of fused-ring (bicyclic) bond motifs is 1. The monoisotopic (exact) mass is 273 g/mol. The van der Waals surface area contributed by atoms with Gasteiger partial charge in [0.05, 0.1) is 0 Å². The minimum atomic E-state index is 0.650. The topological polar surface area (TPSA) is 18.5 Å². The zero-order valence-corrected chi connectivity index (χ0v) is 12.9. The van der Waals surface area contributed by atoms with Crippen LogP contribution in [0.3, 0.4) is 0 Å². The first-order valence-electron chi connectivity index (χ1n) is 7.96. The number of likely N-dealkylation sites (N-methyl/N-ethyl adjacent to an activating group) is 1. The van der Waals surface area contributed by atoms with Crippen LogP contribution in [0.1, 0.15) is 30.0 Å². The lowest BCUT2D eigenvalue weighted by molar-refractivity contribution is 0.194. The third kappa shape index (κ3) is 3.22.